The van der Waals surface area contributed by atoms with Crippen LogP contribution in [-0.2, 0) is 9.59 Å². The van der Waals surface area contributed by atoms with Gasteiger partial charge in [-0.05, 0) is 37.8 Å². The quantitative estimate of drug-likeness (QED) is 0.380. The van der Waals surface area contributed by atoms with Crippen molar-refractivity contribution < 1.29 is 19.6 Å². The molecule has 2 atom stereocenters. The molecular formula is C16H21N3O5. The highest BCUT2D eigenvalue weighted by Gasteiger charge is 2.30. The summed E-state index contributed by atoms with van der Waals surface area (Å²) < 4.78 is 0. The monoisotopic (exact) mass is 335 g/mol. The number of nitro benzene ring substituents is 1. The van der Waals surface area contributed by atoms with E-state index in [0.29, 0.717) is 38.6 Å². The van der Waals surface area contributed by atoms with E-state index >= 15 is 0 Å². The molecule has 3 N–H and O–H groups in total. The second-order valence-electron chi connectivity index (χ2n) is 5.95. The first-order valence-corrected chi connectivity index (χ1v) is 7.96. The Bertz CT molecular complexity index is 602. The average Bonchev–Trinajstić information content (AvgIpc) is 3.00. The number of aliphatic carboxylic acids is 1. The van der Waals surface area contributed by atoms with Crippen molar-refractivity contribution in [3.63, 3.8) is 0 Å². The number of carboxylic acid groups (broad SMARTS) is 1. The first-order chi connectivity index (χ1) is 11.5. The lowest BCUT2D eigenvalue weighted by molar-refractivity contribution is -0.384. The van der Waals surface area contributed by atoms with E-state index < -0.39 is 10.9 Å². The SMILES string of the molecule is O=C(CCCNc1ccc([N+](=O)[O-])cc1)N[C@H]1CC[C@@H](C(=O)O)C1. The molecule has 2 rings (SSSR count). The van der Waals surface area contributed by atoms with Crippen molar-refractivity contribution in [3.05, 3.63) is 34.4 Å². The molecule has 1 aromatic rings. The van der Waals surface area contributed by atoms with E-state index in [9.17, 15) is 19.7 Å². The smallest absolute Gasteiger partial charge is 0.306 e. The highest BCUT2D eigenvalue weighted by Crippen LogP contribution is 2.25. The number of non-ortho nitro benzene ring substituents is 1. The molecule has 1 saturated carbocycles. The van der Waals surface area contributed by atoms with Crippen LogP contribution < -0.4 is 10.6 Å². The Labute approximate surface area is 139 Å². The Morgan fingerprint density at radius 3 is 2.54 bits per heavy atom. The van der Waals surface area contributed by atoms with Crippen LogP contribution in [0.5, 0.6) is 0 Å². The number of carboxylic acids is 1. The number of nitro groups is 1. The molecule has 0 aromatic heterocycles. The molecular weight excluding hydrogens is 314 g/mol. The summed E-state index contributed by atoms with van der Waals surface area (Å²) in [5, 5.41) is 25.5. The van der Waals surface area contributed by atoms with Crippen LogP contribution >= 0.6 is 0 Å². The summed E-state index contributed by atoms with van der Waals surface area (Å²) in [6, 6.07) is 6.06. The number of benzene rings is 1. The van der Waals surface area contributed by atoms with Gasteiger partial charge in [0.15, 0.2) is 0 Å². The standard InChI is InChI=1S/C16H21N3O5/c20-15(18-13-4-3-11(10-13)16(21)22)2-1-9-17-12-5-7-14(8-6-12)19(23)24/h5-8,11,13,17H,1-4,9-10H2,(H,18,20)(H,21,22)/t11-,13+/m1/s1. The van der Waals surface area contributed by atoms with E-state index in [1.54, 1.807) is 12.1 Å². The van der Waals surface area contributed by atoms with Crippen molar-refractivity contribution in [2.75, 3.05) is 11.9 Å². The lowest BCUT2D eigenvalue weighted by Gasteiger charge is -2.12. The van der Waals surface area contributed by atoms with Gasteiger partial charge in [0.25, 0.3) is 5.69 Å². The van der Waals surface area contributed by atoms with Gasteiger partial charge in [-0.2, -0.15) is 0 Å². The van der Waals surface area contributed by atoms with Gasteiger partial charge in [0.2, 0.25) is 5.91 Å². The molecule has 0 aliphatic heterocycles. The molecule has 0 bridgehead atoms. The number of nitrogens with zero attached hydrogens (tertiary/aromatic N) is 1. The van der Waals surface area contributed by atoms with Gasteiger partial charge in [-0.15, -0.1) is 0 Å². The first-order valence-electron chi connectivity index (χ1n) is 7.96. The molecule has 130 valence electrons. The Morgan fingerprint density at radius 1 is 1.25 bits per heavy atom. The Hall–Kier alpha value is -2.64. The molecule has 1 aliphatic carbocycles. The van der Waals surface area contributed by atoms with Gasteiger partial charge in [-0.3, -0.25) is 19.7 Å². The number of carbonyl (C=O) groups is 2. The molecule has 0 saturated heterocycles. The van der Waals surface area contributed by atoms with Crippen molar-refractivity contribution in [2.24, 2.45) is 5.92 Å². The van der Waals surface area contributed by atoms with Crippen molar-refractivity contribution >= 4 is 23.3 Å². The minimum Gasteiger partial charge on any atom is -0.481 e. The van der Waals surface area contributed by atoms with Gasteiger partial charge in [-0.25, -0.2) is 0 Å². The summed E-state index contributed by atoms with van der Waals surface area (Å²) in [6.45, 7) is 0.577. The molecule has 1 fully saturated rings. The molecule has 1 aromatic carbocycles. The second kappa shape index (κ2) is 8.28. The highest BCUT2D eigenvalue weighted by atomic mass is 16.6. The zero-order valence-electron chi connectivity index (χ0n) is 13.2. The lowest BCUT2D eigenvalue weighted by atomic mass is 10.1. The van der Waals surface area contributed by atoms with Crippen LogP contribution in [0.2, 0.25) is 0 Å². The van der Waals surface area contributed by atoms with Crippen LogP contribution in [0.15, 0.2) is 24.3 Å². The number of amides is 1. The van der Waals surface area contributed by atoms with E-state index in [0.717, 1.165) is 5.69 Å². The van der Waals surface area contributed by atoms with Crippen molar-refractivity contribution in [2.45, 2.75) is 38.1 Å². The zero-order chi connectivity index (χ0) is 17.5. The van der Waals surface area contributed by atoms with Crippen LogP contribution in [0.25, 0.3) is 0 Å². The number of nitrogens with one attached hydrogen (secondary N) is 2. The minimum absolute atomic E-state index is 0.0381. The van der Waals surface area contributed by atoms with Crippen molar-refractivity contribution in [3.8, 4) is 0 Å². The summed E-state index contributed by atoms with van der Waals surface area (Å²) in [6.07, 6.45) is 2.81. The summed E-state index contributed by atoms with van der Waals surface area (Å²) in [4.78, 5) is 32.8. The third-order valence-corrected chi connectivity index (χ3v) is 4.13. The molecule has 0 heterocycles. The van der Waals surface area contributed by atoms with E-state index in [-0.39, 0.29) is 23.6 Å². The predicted octanol–water partition coefficient (Wildman–Crippen LogP) is 2.16. The van der Waals surface area contributed by atoms with Gasteiger partial charge in [0.1, 0.15) is 0 Å². The molecule has 8 heteroatoms. The number of rotatable bonds is 8. The maximum Gasteiger partial charge on any atom is 0.306 e. The van der Waals surface area contributed by atoms with E-state index in [1.165, 1.54) is 12.1 Å². The lowest BCUT2D eigenvalue weighted by Crippen LogP contribution is -2.33. The van der Waals surface area contributed by atoms with E-state index in [4.69, 9.17) is 5.11 Å². The van der Waals surface area contributed by atoms with Crippen molar-refractivity contribution in [1.82, 2.24) is 5.32 Å². The van der Waals surface area contributed by atoms with Crippen molar-refractivity contribution in [1.29, 1.82) is 0 Å². The van der Waals surface area contributed by atoms with Gasteiger partial charge in [0.05, 0.1) is 10.8 Å². The number of carbonyl (C=O) groups excluding carboxylic acids is 1. The van der Waals surface area contributed by atoms with Crippen LogP contribution in [0.1, 0.15) is 32.1 Å². The maximum absolute atomic E-state index is 11.8. The first kappa shape index (κ1) is 17.7. The van der Waals surface area contributed by atoms with Gasteiger partial charge in [0, 0.05) is 36.8 Å². The predicted molar refractivity (Wildman–Crippen MR) is 87.7 cm³/mol. The Morgan fingerprint density at radius 2 is 1.96 bits per heavy atom. The molecule has 1 aliphatic rings. The molecule has 8 nitrogen and oxygen atoms in total. The number of hydrogen-bond donors (Lipinski definition) is 3. The largest absolute Gasteiger partial charge is 0.481 e. The molecule has 0 radical (unpaired) electrons. The normalized spacial score (nSPS) is 19.7. The minimum atomic E-state index is -0.793. The molecule has 0 unspecified atom stereocenters. The average molecular weight is 335 g/mol. The topological polar surface area (TPSA) is 122 Å². The van der Waals surface area contributed by atoms with Crippen LogP contribution in [0.4, 0.5) is 11.4 Å². The summed E-state index contributed by atoms with van der Waals surface area (Å²) in [5.74, 6) is -1.21. The Kier molecular flexibility index (Phi) is 6.11. The summed E-state index contributed by atoms with van der Waals surface area (Å²) >= 11 is 0. The van der Waals surface area contributed by atoms with Crippen LogP contribution in [0.3, 0.4) is 0 Å². The van der Waals surface area contributed by atoms with Crippen LogP contribution in [0, 0.1) is 16.0 Å². The third kappa shape index (κ3) is 5.22. The van der Waals surface area contributed by atoms with Gasteiger partial charge >= 0.3 is 5.97 Å². The van der Waals surface area contributed by atoms with E-state index in [2.05, 4.69) is 10.6 Å². The summed E-state index contributed by atoms with van der Waals surface area (Å²) in [5.41, 5.74) is 0.803. The second-order valence-corrected chi connectivity index (χ2v) is 5.95. The molecule has 24 heavy (non-hydrogen) atoms. The number of anilines is 1. The fourth-order valence-electron chi connectivity index (χ4n) is 2.82. The van der Waals surface area contributed by atoms with Crippen LogP contribution in [-0.4, -0.2) is 34.5 Å². The summed E-state index contributed by atoms with van der Waals surface area (Å²) in [7, 11) is 0. The van der Waals surface area contributed by atoms with Gasteiger partial charge < -0.3 is 15.7 Å². The number of hydrogen-bond acceptors (Lipinski definition) is 5. The molecule has 0 spiro atoms. The van der Waals surface area contributed by atoms with E-state index in [1.807, 2.05) is 0 Å². The maximum atomic E-state index is 11.8. The Balaban J connectivity index is 1.62. The highest BCUT2D eigenvalue weighted by molar-refractivity contribution is 5.76. The third-order valence-electron chi connectivity index (χ3n) is 4.13. The fraction of sp³-hybridized carbons (Fsp3) is 0.500. The fourth-order valence-corrected chi connectivity index (χ4v) is 2.82. The molecule has 1 amide bonds. The zero-order valence-corrected chi connectivity index (χ0v) is 13.2. The van der Waals surface area contributed by atoms with Gasteiger partial charge in [-0.1, -0.05) is 0 Å².